The fraction of sp³-hybridized carbons (Fsp3) is 0.318. The summed E-state index contributed by atoms with van der Waals surface area (Å²) in [7, 11) is 4.08. The second kappa shape index (κ2) is 18.5. The molecule has 0 amide bonds. The second-order valence-electron chi connectivity index (χ2n) is 13.7. The SMILES string of the molecule is C=COOCOc1c(C)cc(C(C)(C)c2ccc(C(C)(c3cc(C)c(OCC(=O)OC)c(C=O)c3)c3cc(C)c(OCC(=O)OC)c(C=O)c3)cc2)cc1OC. The second-order valence-corrected chi connectivity index (χ2v) is 13.7. The van der Waals surface area contributed by atoms with Gasteiger partial charge in [-0.2, -0.15) is 0 Å². The lowest BCUT2D eigenvalue weighted by molar-refractivity contribution is -0.282. The van der Waals surface area contributed by atoms with E-state index >= 15 is 0 Å². The van der Waals surface area contributed by atoms with Crippen molar-refractivity contribution in [3.63, 3.8) is 0 Å². The quantitative estimate of drug-likeness (QED) is 0.0137. The average Bonchev–Trinajstić information content (AvgIpc) is 3.20. The number of benzene rings is 4. The maximum Gasteiger partial charge on any atom is 0.343 e. The van der Waals surface area contributed by atoms with Crippen molar-refractivity contribution in [2.75, 3.05) is 41.3 Å². The lowest BCUT2D eigenvalue weighted by Gasteiger charge is -2.35. The van der Waals surface area contributed by atoms with Crippen LogP contribution in [0.25, 0.3) is 0 Å². The van der Waals surface area contributed by atoms with Crippen LogP contribution in [-0.2, 0) is 39.7 Å². The van der Waals surface area contributed by atoms with Crippen LogP contribution in [0, 0.1) is 20.8 Å². The van der Waals surface area contributed by atoms with Gasteiger partial charge in [0.2, 0.25) is 6.79 Å². The lowest BCUT2D eigenvalue weighted by Crippen LogP contribution is -2.27. The molecule has 4 rings (SSSR count). The molecule has 12 heteroatoms. The summed E-state index contributed by atoms with van der Waals surface area (Å²) in [6.07, 6.45) is 2.51. The molecule has 0 aliphatic carbocycles. The maximum atomic E-state index is 12.5. The number of hydrogen-bond donors (Lipinski definition) is 0. The normalized spacial score (nSPS) is 11.2. The van der Waals surface area contributed by atoms with Crippen molar-refractivity contribution in [3.05, 3.63) is 129 Å². The number of aryl methyl sites for hydroxylation is 3. The van der Waals surface area contributed by atoms with Crippen LogP contribution < -0.4 is 18.9 Å². The predicted octanol–water partition coefficient (Wildman–Crippen LogP) is 7.46. The Labute approximate surface area is 327 Å². The Bertz CT molecular complexity index is 2000. The molecule has 0 spiro atoms. The molecule has 0 bridgehead atoms. The number of aldehydes is 2. The Hall–Kier alpha value is -6.14. The Morgan fingerprint density at radius 2 is 1.09 bits per heavy atom. The number of carbonyl (C=O) groups is 4. The summed E-state index contributed by atoms with van der Waals surface area (Å²) in [6.45, 7) is 14.2. The van der Waals surface area contributed by atoms with Gasteiger partial charge in [0.05, 0.1) is 32.5 Å². The van der Waals surface area contributed by atoms with Gasteiger partial charge >= 0.3 is 11.9 Å². The first kappa shape index (κ1) is 42.6. The summed E-state index contributed by atoms with van der Waals surface area (Å²) in [5, 5.41) is 0. The molecule has 0 N–H and O–H groups in total. The molecule has 0 fully saturated rings. The van der Waals surface area contributed by atoms with Crippen molar-refractivity contribution < 1.29 is 57.4 Å². The van der Waals surface area contributed by atoms with Crippen molar-refractivity contribution >= 4 is 24.5 Å². The molecule has 0 saturated heterocycles. The molecule has 12 nitrogen and oxygen atoms in total. The van der Waals surface area contributed by atoms with Crippen molar-refractivity contribution in [2.45, 2.75) is 52.4 Å². The largest absolute Gasteiger partial charge is 0.493 e. The van der Waals surface area contributed by atoms with Crippen LogP contribution in [0.5, 0.6) is 23.0 Å². The Morgan fingerprint density at radius 3 is 1.54 bits per heavy atom. The minimum atomic E-state index is -0.967. The molecule has 0 atom stereocenters. The first-order valence-corrected chi connectivity index (χ1v) is 17.6. The van der Waals surface area contributed by atoms with Gasteiger partial charge in [-0.05, 0) is 90.4 Å². The number of carbonyl (C=O) groups excluding carboxylic acids is 4. The van der Waals surface area contributed by atoms with Crippen LogP contribution in [0.2, 0.25) is 0 Å². The van der Waals surface area contributed by atoms with Crippen LogP contribution in [0.1, 0.15) is 86.0 Å². The van der Waals surface area contributed by atoms with Crippen molar-refractivity contribution in [1.29, 1.82) is 0 Å². The third-order valence-corrected chi connectivity index (χ3v) is 9.89. The standard InChI is InChI=1S/C44H48O12/c1-11-55-56-26-54-42-29(4)16-34(21-37(42)49-8)43(5,6)32-12-14-33(15-13-32)44(7,35-17-27(2)40(30(19-35)22-45)52-24-38(47)50-9)36-18-28(3)41(31(20-36)23-46)53-25-39(48)51-10/h11-23H,1,24-26H2,2-10H3. The highest BCUT2D eigenvalue weighted by Gasteiger charge is 2.35. The summed E-state index contributed by atoms with van der Waals surface area (Å²) in [4.78, 5) is 58.5. The van der Waals surface area contributed by atoms with Gasteiger partial charge in [-0.25, -0.2) is 9.59 Å². The number of ether oxygens (including phenoxy) is 6. The summed E-state index contributed by atoms with van der Waals surface area (Å²) in [5.41, 5.74) is 5.28. The van der Waals surface area contributed by atoms with Gasteiger partial charge in [-0.1, -0.05) is 62.9 Å². The van der Waals surface area contributed by atoms with E-state index in [1.165, 1.54) is 14.2 Å². The number of methoxy groups -OCH3 is 3. The summed E-state index contributed by atoms with van der Waals surface area (Å²) in [6, 6.07) is 19.3. The van der Waals surface area contributed by atoms with Gasteiger partial charge in [0.15, 0.2) is 37.3 Å². The van der Waals surface area contributed by atoms with E-state index < -0.39 is 22.8 Å². The number of rotatable bonds is 19. The molecule has 296 valence electrons. The fourth-order valence-corrected chi connectivity index (χ4v) is 6.61. The first-order chi connectivity index (χ1) is 26.7. The Kier molecular flexibility index (Phi) is 14.0. The van der Waals surface area contributed by atoms with Crippen molar-refractivity contribution in [1.82, 2.24) is 0 Å². The Morgan fingerprint density at radius 1 is 0.625 bits per heavy atom. The molecule has 0 unspecified atom stereocenters. The molecule has 4 aromatic rings. The highest BCUT2D eigenvalue weighted by molar-refractivity contribution is 5.83. The molecule has 0 heterocycles. The van der Waals surface area contributed by atoms with Crippen LogP contribution in [-0.4, -0.2) is 65.8 Å². The molecule has 0 radical (unpaired) electrons. The minimum Gasteiger partial charge on any atom is -0.493 e. The van der Waals surface area contributed by atoms with E-state index in [1.807, 2.05) is 62.4 Å². The van der Waals surface area contributed by atoms with E-state index in [9.17, 15) is 19.2 Å². The maximum absolute atomic E-state index is 12.5. The van der Waals surface area contributed by atoms with E-state index in [4.69, 9.17) is 38.2 Å². The van der Waals surface area contributed by atoms with Crippen LogP contribution in [0.4, 0.5) is 0 Å². The summed E-state index contributed by atoms with van der Waals surface area (Å²) < 4.78 is 32.4. The summed E-state index contributed by atoms with van der Waals surface area (Å²) >= 11 is 0. The highest BCUT2D eigenvalue weighted by atomic mass is 17.2. The van der Waals surface area contributed by atoms with Gasteiger partial charge in [0, 0.05) is 10.8 Å². The smallest absolute Gasteiger partial charge is 0.343 e. The zero-order valence-electron chi connectivity index (χ0n) is 33.2. The highest BCUT2D eigenvalue weighted by Crippen LogP contribution is 2.45. The fourth-order valence-electron chi connectivity index (χ4n) is 6.61. The molecule has 0 aliphatic rings. The third kappa shape index (κ3) is 9.03. The molecular formula is C44H48O12. The summed E-state index contributed by atoms with van der Waals surface area (Å²) in [5.74, 6) is 0.372. The molecule has 0 aliphatic heterocycles. The third-order valence-electron chi connectivity index (χ3n) is 9.89. The monoisotopic (exact) mass is 768 g/mol. The van der Waals surface area contributed by atoms with Gasteiger partial charge in [-0.15, -0.1) is 4.89 Å². The molecule has 56 heavy (non-hydrogen) atoms. The number of hydrogen-bond acceptors (Lipinski definition) is 12. The lowest BCUT2D eigenvalue weighted by atomic mass is 9.69. The van der Waals surface area contributed by atoms with Gasteiger partial charge in [0.25, 0.3) is 0 Å². The molecule has 0 saturated carbocycles. The van der Waals surface area contributed by atoms with Crippen molar-refractivity contribution in [2.24, 2.45) is 0 Å². The molecule has 4 aromatic carbocycles. The minimum absolute atomic E-state index is 0.166. The van der Waals surface area contributed by atoms with E-state index in [-0.39, 0.29) is 42.6 Å². The zero-order chi connectivity index (χ0) is 41.2. The van der Waals surface area contributed by atoms with Crippen LogP contribution >= 0.6 is 0 Å². The van der Waals surface area contributed by atoms with Gasteiger partial charge in [0.1, 0.15) is 17.8 Å². The van der Waals surface area contributed by atoms with Gasteiger partial charge in [-0.3, -0.25) is 9.59 Å². The van der Waals surface area contributed by atoms with Gasteiger partial charge < -0.3 is 33.3 Å². The average molecular weight is 769 g/mol. The Balaban J connectivity index is 1.88. The van der Waals surface area contributed by atoms with E-state index in [1.54, 1.807) is 33.1 Å². The van der Waals surface area contributed by atoms with Crippen molar-refractivity contribution in [3.8, 4) is 23.0 Å². The topological polar surface area (TPSA) is 142 Å². The molecular weight excluding hydrogens is 720 g/mol. The first-order valence-electron chi connectivity index (χ1n) is 17.6. The van der Waals surface area contributed by atoms with E-state index in [0.29, 0.717) is 46.3 Å². The molecule has 0 aromatic heterocycles. The van der Waals surface area contributed by atoms with Crippen LogP contribution in [0.15, 0.2) is 73.5 Å². The number of esters is 2. The zero-order valence-corrected chi connectivity index (χ0v) is 33.2. The predicted molar refractivity (Wildman–Crippen MR) is 208 cm³/mol. The van der Waals surface area contributed by atoms with E-state index in [0.717, 1.165) is 28.5 Å². The van der Waals surface area contributed by atoms with Crippen LogP contribution in [0.3, 0.4) is 0 Å². The van der Waals surface area contributed by atoms with E-state index in [2.05, 4.69) is 20.4 Å².